The molecule has 0 spiro atoms. The summed E-state index contributed by atoms with van der Waals surface area (Å²) in [4.78, 5) is 31.7. The number of carbonyl (C=O) groups is 2. The van der Waals surface area contributed by atoms with Gasteiger partial charge in [-0.05, 0) is 53.4 Å². The number of carbonyl (C=O) groups excluding carboxylic acids is 2. The molecule has 2 heterocycles. The van der Waals surface area contributed by atoms with Crippen LogP contribution in [0, 0.1) is 5.92 Å². The van der Waals surface area contributed by atoms with Crippen molar-refractivity contribution in [2.45, 2.75) is 50.7 Å². The van der Waals surface area contributed by atoms with Crippen LogP contribution in [0.3, 0.4) is 0 Å². The van der Waals surface area contributed by atoms with Crippen molar-refractivity contribution in [2.24, 2.45) is 5.92 Å². The lowest BCUT2D eigenvalue weighted by Crippen LogP contribution is -2.55. The first-order valence-corrected chi connectivity index (χ1v) is 21.0. The van der Waals surface area contributed by atoms with Crippen LogP contribution in [-0.2, 0) is 16.1 Å². The monoisotopic (exact) mass is 714 g/mol. The maximum Gasteiger partial charge on any atom is 0.263 e. The van der Waals surface area contributed by atoms with Gasteiger partial charge in [0.05, 0.1) is 39.1 Å². The molecule has 0 radical (unpaired) electrons. The number of rotatable bonds is 12. The third-order valence-corrected chi connectivity index (χ3v) is 15.3. The molecule has 0 aromatic heterocycles. The second kappa shape index (κ2) is 14.6. The highest BCUT2D eigenvalue weighted by Crippen LogP contribution is 2.50. The van der Waals surface area contributed by atoms with Gasteiger partial charge in [-0.25, -0.2) is 0 Å². The molecule has 7 rings (SSSR count). The van der Waals surface area contributed by atoms with Crippen LogP contribution in [-0.4, -0.2) is 63.4 Å². The Balaban J connectivity index is 1.25. The van der Waals surface area contributed by atoms with Crippen LogP contribution >= 0.6 is 0 Å². The molecule has 52 heavy (non-hydrogen) atoms. The number of fused-ring (bicyclic) bond motifs is 1. The van der Waals surface area contributed by atoms with E-state index in [1.165, 1.54) is 5.19 Å². The quantitative estimate of drug-likeness (QED) is 0.134. The first-order valence-electron chi connectivity index (χ1n) is 17.9. The largest absolute Gasteiger partial charge is 0.497 e. The average Bonchev–Trinajstić information content (AvgIpc) is 3.45. The Kier molecular flexibility index (Phi) is 9.93. The molecular formula is C43H46N2O6Si. The molecule has 0 bridgehead atoms. The number of amides is 2. The number of nitrogens with zero attached hydrogens (tertiary/aromatic N) is 2. The van der Waals surface area contributed by atoms with Crippen LogP contribution in [0.4, 0.5) is 11.4 Å². The minimum Gasteiger partial charge on any atom is -0.497 e. The van der Waals surface area contributed by atoms with E-state index in [2.05, 4.69) is 32.2 Å². The number of anilines is 2. The van der Waals surface area contributed by atoms with Gasteiger partial charge in [-0.2, -0.15) is 0 Å². The maximum absolute atomic E-state index is 14.4. The van der Waals surface area contributed by atoms with Crippen molar-refractivity contribution in [1.29, 1.82) is 0 Å². The molecule has 2 aliphatic rings. The second-order valence-corrected chi connectivity index (χ2v) is 19.2. The van der Waals surface area contributed by atoms with Crippen molar-refractivity contribution in [3.8, 4) is 11.5 Å². The van der Waals surface area contributed by atoms with E-state index in [1.54, 1.807) is 24.0 Å². The summed E-state index contributed by atoms with van der Waals surface area (Å²) in [5.74, 6) is 1.25. The molecule has 8 nitrogen and oxygen atoms in total. The smallest absolute Gasteiger partial charge is 0.263 e. The molecule has 4 atom stereocenters. The molecule has 9 heteroatoms. The molecule has 2 amide bonds. The number of ether oxygens (including phenoxy) is 3. The lowest BCUT2D eigenvalue weighted by Gasteiger charge is -2.46. The predicted octanol–water partition coefficient (Wildman–Crippen LogP) is 7.62. The first kappa shape index (κ1) is 35.4. The Hall–Kier alpha value is -4.96. The van der Waals surface area contributed by atoms with Crippen molar-refractivity contribution >= 4 is 47.2 Å². The Labute approximate surface area is 306 Å². The number of benzene rings is 5. The van der Waals surface area contributed by atoms with E-state index in [0.29, 0.717) is 17.9 Å². The maximum atomic E-state index is 14.4. The molecule has 0 saturated carbocycles. The average molecular weight is 715 g/mol. The molecule has 0 aliphatic carbocycles. The van der Waals surface area contributed by atoms with Crippen LogP contribution in [0.15, 0.2) is 109 Å². The van der Waals surface area contributed by atoms with Crippen molar-refractivity contribution < 1.29 is 28.9 Å². The predicted molar refractivity (Wildman–Crippen MR) is 208 cm³/mol. The normalized spacial score (nSPS) is 18.5. The highest BCUT2D eigenvalue weighted by molar-refractivity contribution is 6.91. The molecule has 0 fully saturated rings. The Morgan fingerprint density at radius 3 is 2.37 bits per heavy atom. The van der Waals surface area contributed by atoms with Crippen LogP contribution in [0.5, 0.6) is 11.5 Å². The molecular weight excluding hydrogens is 669 g/mol. The SMILES string of the molecule is COc1ccc([Si](C)(C)C(CC(=O)N(CCO)Cc2ccccc2)[C@H]2Oc3ccc(N4C(=O)c5cccc6cccc4c56)cc3[C@@H](OC)[C@@H]2C)cc1. The summed E-state index contributed by atoms with van der Waals surface area (Å²) in [6, 6.07) is 35.8. The summed E-state index contributed by atoms with van der Waals surface area (Å²) in [5, 5.41) is 13.2. The molecule has 2 aliphatic heterocycles. The van der Waals surface area contributed by atoms with Crippen molar-refractivity contribution in [1.82, 2.24) is 4.90 Å². The second-order valence-electron chi connectivity index (χ2n) is 14.4. The van der Waals surface area contributed by atoms with E-state index in [0.717, 1.165) is 39.0 Å². The van der Waals surface area contributed by atoms with Crippen molar-refractivity contribution in [3.05, 3.63) is 126 Å². The standard InChI is InChI=1S/C43H46N2O6Si/c1-28-41(50-3)35-25-31(45-36-16-10-14-30-13-9-15-34(40(30)36)43(45)48)17-22-37(35)51-42(28)38(52(4,5)33-20-18-32(49-2)19-21-33)26-39(47)44(23-24-46)27-29-11-7-6-8-12-29/h6-22,25,28,38,41-42,46H,23-24,26-27H2,1-5H3/t28-,38?,41-,42-/m0/s1. The van der Waals surface area contributed by atoms with Crippen LogP contribution in [0.1, 0.15) is 40.9 Å². The summed E-state index contributed by atoms with van der Waals surface area (Å²) in [6.45, 7) is 7.27. The van der Waals surface area contributed by atoms with Gasteiger partial charge in [0, 0.05) is 54.7 Å². The summed E-state index contributed by atoms with van der Waals surface area (Å²) in [5.41, 5.74) is 4.04. The van der Waals surface area contributed by atoms with Crippen LogP contribution in [0.2, 0.25) is 18.6 Å². The number of aliphatic hydroxyl groups is 1. The zero-order valence-corrected chi connectivity index (χ0v) is 31.4. The lowest BCUT2D eigenvalue weighted by molar-refractivity contribution is -0.133. The number of methoxy groups -OCH3 is 2. The molecule has 1 unspecified atom stereocenters. The topological polar surface area (TPSA) is 88.5 Å². The Morgan fingerprint density at radius 1 is 0.942 bits per heavy atom. The minimum absolute atomic E-state index is 0.0239. The zero-order valence-electron chi connectivity index (χ0n) is 30.4. The summed E-state index contributed by atoms with van der Waals surface area (Å²) in [6.07, 6.45) is -0.447. The van der Waals surface area contributed by atoms with E-state index in [9.17, 15) is 14.7 Å². The highest BCUT2D eigenvalue weighted by atomic mass is 28.3. The molecule has 1 N–H and O–H groups in total. The molecule has 5 aromatic rings. The van der Waals surface area contributed by atoms with Gasteiger partial charge < -0.3 is 24.2 Å². The van der Waals surface area contributed by atoms with Gasteiger partial charge in [-0.15, -0.1) is 0 Å². The van der Waals surface area contributed by atoms with Gasteiger partial charge >= 0.3 is 0 Å². The Bertz CT molecular complexity index is 2080. The molecule has 268 valence electrons. The van der Waals surface area contributed by atoms with Gasteiger partial charge in [0.1, 0.15) is 17.6 Å². The summed E-state index contributed by atoms with van der Waals surface area (Å²) < 4.78 is 18.8. The molecule has 5 aromatic carbocycles. The number of hydrogen-bond donors (Lipinski definition) is 1. The summed E-state index contributed by atoms with van der Waals surface area (Å²) >= 11 is 0. The fourth-order valence-electron chi connectivity index (χ4n) is 8.23. The van der Waals surface area contributed by atoms with Crippen LogP contribution < -0.4 is 19.6 Å². The van der Waals surface area contributed by atoms with E-state index in [1.807, 2.05) is 97.1 Å². The lowest BCUT2D eigenvalue weighted by atomic mass is 9.86. The Morgan fingerprint density at radius 2 is 1.67 bits per heavy atom. The number of hydrogen-bond acceptors (Lipinski definition) is 6. The van der Waals surface area contributed by atoms with Gasteiger partial charge in [-0.3, -0.25) is 14.5 Å². The van der Waals surface area contributed by atoms with Crippen molar-refractivity contribution in [2.75, 3.05) is 32.3 Å². The highest BCUT2D eigenvalue weighted by Gasteiger charge is 2.48. The minimum atomic E-state index is -2.46. The van der Waals surface area contributed by atoms with Gasteiger partial charge in [0.15, 0.2) is 0 Å². The third kappa shape index (κ3) is 6.38. The van der Waals surface area contributed by atoms with E-state index in [-0.39, 0.29) is 55.1 Å². The van der Waals surface area contributed by atoms with Gasteiger partial charge in [0.25, 0.3) is 5.91 Å². The first-order chi connectivity index (χ1) is 25.2. The fraction of sp³-hybridized carbons (Fsp3) is 0.302. The van der Waals surface area contributed by atoms with E-state index >= 15 is 0 Å². The summed E-state index contributed by atoms with van der Waals surface area (Å²) in [7, 11) is 0.909. The van der Waals surface area contributed by atoms with Crippen LogP contribution in [0.25, 0.3) is 10.8 Å². The number of aliphatic hydroxyl groups excluding tert-OH is 1. The van der Waals surface area contributed by atoms with Gasteiger partial charge in [-0.1, -0.05) is 91.9 Å². The third-order valence-electron chi connectivity index (χ3n) is 11.1. The van der Waals surface area contributed by atoms with Gasteiger partial charge in [0.2, 0.25) is 5.91 Å². The van der Waals surface area contributed by atoms with E-state index in [4.69, 9.17) is 14.2 Å². The van der Waals surface area contributed by atoms with Crippen molar-refractivity contribution in [3.63, 3.8) is 0 Å². The zero-order chi connectivity index (χ0) is 36.6. The fourth-order valence-corrected chi connectivity index (χ4v) is 11.6. The van der Waals surface area contributed by atoms with E-state index < -0.39 is 8.07 Å². The molecule has 0 saturated heterocycles.